The van der Waals surface area contributed by atoms with Crippen molar-refractivity contribution in [3.05, 3.63) is 28.6 Å². The molecule has 0 aliphatic heterocycles. The van der Waals surface area contributed by atoms with Gasteiger partial charge in [0, 0.05) is 18.3 Å². The van der Waals surface area contributed by atoms with E-state index in [1.54, 1.807) is 10.7 Å². The molecule has 2 rings (SSSR count). The topological polar surface area (TPSA) is 76.2 Å². The molecule has 0 aliphatic carbocycles. The lowest BCUT2D eigenvalue weighted by atomic mass is 10.5. The molecule has 0 saturated heterocycles. The minimum Gasteiger partial charge on any atom is -0.368 e. The molecule has 2 aromatic heterocycles. The molecule has 2 aromatic rings. The van der Waals surface area contributed by atoms with Crippen molar-refractivity contribution in [1.82, 2.24) is 14.6 Å². The zero-order chi connectivity index (χ0) is 7.84. The van der Waals surface area contributed by atoms with Gasteiger partial charge < -0.3 is 5.73 Å². The van der Waals surface area contributed by atoms with E-state index in [-0.39, 0.29) is 5.43 Å². The lowest BCUT2D eigenvalue weighted by molar-refractivity contribution is 0.965. The van der Waals surface area contributed by atoms with Gasteiger partial charge in [-0.15, -0.1) is 0 Å². The van der Waals surface area contributed by atoms with Gasteiger partial charge in [-0.05, 0) is 0 Å². The number of rotatable bonds is 0. The van der Waals surface area contributed by atoms with Crippen molar-refractivity contribution in [1.29, 1.82) is 0 Å². The van der Waals surface area contributed by atoms with Crippen LogP contribution in [0.2, 0.25) is 0 Å². The lowest BCUT2D eigenvalue weighted by Crippen LogP contribution is -1.98. The highest BCUT2D eigenvalue weighted by Gasteiger charge is 1.95. The molecule has 56 valence electrons. The average molecular weight is 150 g/mol. The molecule has 0 bridgehead atoms. The van der Waals surface area contributed by atoms with Crippen LogP contribution < -0.4 is 11.2 Å². The fourth-order valence-electron chi connectivity index (χ4n) is 0.922. The van der Waals surface area contributed by atoms with Gasteiger partial charge in [-0.3, -0.25) is 9.89 Å². The van der Waals surface area contributed by atoms with Crippen LogP contribution in [0, 0.1) is 0 Å². The van der Waals surface area contributed by atoms with Crippen molar-refractivity contribution in [2.75, 3.05) is 5.73 Å². The molecule has 0 fully saturated rings. The van der Waals surface area contributed by atoms with Gasteiger partial charge in [-0.1, -0.05) is 0 Å². The minimum absolute atomic E-state index is 0.0727. The quantitative estimate of drug-likeness (QED) is 0.536. The minimum atomic E-state index is -0.0727. The molecule has 0 radical (unpaired) electrons. The maximum Gasteiger partial charge on any atom is 0.214 e. The van der Waals surface area contributed by atoms with Crippen LogP contribution in [-0.2, 0) is 0 Å². The molecule has 0 saturated carbocycles. The van der Waals surface area contributed by atoms with Crippen LogP contribution >= 0.6 is 0 Å². The van der Waals surface area contributed by atoms with Crippen molar-refractivity contribution >= 4 is 11.6 Å². The summed E-state index contributed by atoms with van der Waals surface area (Å²) in [4.78, 5) is 14.6. The van der Waals surface area contributed by atoms with Crippen LogP contribution in [0.15, 0.2) is 23.1 Å². The Kier molecular flexibility index (Phi) is 1.00. The van der Waals surface area contributed by atoms with Gasteiger partial charge in [0.1, 0.15) is 0 Å². The van der Waals surface area contributed by atoms with Gasteiger partial charge in [0.15, 0.2) is 11.1 Å². The van der Waals surface area contributed by atoms with E-state index in [4.69, 9.17) is 5.73 Å². The standard InChI is InChI=1S/C6H6N4O/c7-6-8-5-3-4(11)1-2-10(5)9-6/h1-3H,(H3,7,8,9). The summed E-state index contributed by atoms with van der Waals surface area (Å²) in [5.74, 6) is 0.301. The van der Waals surface area contributed by atoms with E-state index < -0.39 is 0 Å². The highest BCUT2D eigenvalue weighted by atomic mass is 16.1. The van der Waals surface area contributed by atoms with Gasteiger partial charge in [-0.25, -0.2) is 4.52 Å². The molecule has 0 unspecified atom stereocenters. The van der Waals surface area contributed by atoms with Crippen LogP contribution in [0.4, 0.5) is 5.95 Å². The number of anilines is 1. The Labute approximate surface area is 61.5 Å². The first-order valence-electron chi connectivity index (χ1n) is 3.09. The molecule has 0 aromatic carbocycles. The van der Waals surface area contributed by atoms with Gasteiger partial charge in [-0.2, -0.15) is 4.98 Å². The molecular formula is C6H6N4O. The Bertz CT molecular complexity index is 441. The number of nitrogens with one attached hydrogen (secondary N) is 1. The molecular weight excluding hydrogens is 144 g/mol. The smallest absolute Gasteiger partial charge is 0.214 e. The number of nitrogens with zero attached hydrogens (tertiary/aromatic N) is 2. The van der Waals surface area contributed by atoms with E-state index >= 15 is 0 Å². The molecule has 0 aliphatic rings. The Morgan fingerprint density at radius 3 is 3.27 bits per heavy atom. The Balaban J connectivity index is 2.92. The van der Waals surface area contributed by atoms with Gasteiger partial charge in [0.05, 0.1) is 0 Å². The number of nitrogen functional groups attached to an aromatic ring is 1. The Morgan fingerprint density at radius 2 is 2.45 bits per heavy atom. The summed E-state index contributed by atoms with van der Waals surface area (Å²) in [6.45, 7) is 0. The zero-order valence-electron chi connectivity index (χ0n) is 5.61. The highest BCUT2D eigenvalue weighted by Crippen LogP contribution is 1.96. The molecule has 0 atom stereocenters. The number of H-pyrrole nitrogens is 1. The summed E-state index contributed by atoms with van der Waals surface area (Å²) in [5, 5.41) is 2.73. The maximum atomic E-state index is 10.8. The summed E-state index contributed by atoms with van der Waals surface area (Å²) in [6, 6.07) is 2.84. The van der Waals surface area contributed by atoms with E-state index in [9.17, 15) is 4.79 Å². The second-order valence-corrected chi connectivity index (χ2v) is 2.20. The second-order valence-electron chi connectivity index (χ2n) is 2.20. The third kappa shape index (κ3) is 0.861. The molecule has 0 amide bonds. The first-order chi connectivity index (χ1) is 5.25. The Morgan fingerprint density at radius 1 is 1.64 bits per heavy atom. The molecule has 2 heterocycles. The van der Waals surface area contributed by atoms with Crippen molar-refractivity contribution in [3.8, 4) is 0 Å². The zero-order valence-corrected chi connectivity index (χ0v) is 5.61. The normalized spacial score (nSPS) is 10.5. The largest absolute Gasteiger partial charge is 0.368 e. The second kappa shape index (κ2) is 1.85. The van der Waals surface area contributed by atoms with Gasteiger partial charge >= 0.3 is 0 Å². The van der Waals surface area contributed by atoms with Gasteiger partial charge in [0.25, 0.3) is 0 Å². The third-order valence-electron chi connectivity index (χ3n) is 1.38. The van der Waals surface area contributed by atoms with Crippen LogP contribution in [0.1, 0.15) is 0 Å². The third-order valence-corrected chi connectivity index (χ3v) is 1.38. The lowest BCUT2D eigenvalue weighted by Gasteiger charge is -1.86. The summed E-state index contributed by atoms with van der Waals surface area (Å²) >= 11 is 0. The number of nitrogens with two attached hydrogens (primary N) is 1. The number of hydrogen-bond acceptors (Lipinski definition) is 3. The number of aromatic amines is 1. The summed E-state index contributed by atoms with van der Waals surface area (Å²) in [5.41, 5.74) is 5.82. The van der Waals surface area contributed by atoms with E-state index in [1.807, 2.05) is 0 Å². The predicted molar refractivity (Wildman–Crippen MR) is 40.2 cm³/mol. The fraction of sp³-hybridized carbons (Fsp3) is 0. The highest BCUT2D eigenvalue weighted by molar-refractivity contribution is 5.40. The Hall–Kier alpha value is -1.78. The molecule has 5 heteroatoms. The van der Waals surface area contributed by atoms with Gasteiger partial charge in [0.2, 0.25) is 5.95 Å². The SMILES string of the molecule is Nc1nc2cc(=O)ccn2[nH]1. The van der Waals surface area contributed by atoms with Crippen LogP contribution in [0.3, 0.4) is 0 Å². The maximum absolute atomic E-state index is 10.8. The van der Waals surface area contributed by atoms with E-state index in [0.717, 1.165) is 0 Å². The van der Waals surface area contributed by atoms with E-state index in [0.29, 0.717) is 11.6 Å². The number of hydrogen-bond donors (Lipinski definition) is 2. The van der Waals surface area contributed by atoms with Crippen molar-refractivity contribution < 1.29 is 0 Å². The van der Waals surface area contributed by atoms with Crippen molar-refractivity contribution in [3.63, 3.8) is 0 Å². The fourth-order valence-corrected chi connectivity index (χ4v) is 0.922. The van der Waals surface area contributed by atoms with Crippen LogP contribution in [0.25, 0.3) is 5.65 Å². The van der Waals surface area contributed by atoms with Crippen LogP contribution in [-0.4, -0.2) is 14.6 Å². The monoisotopic (exact) mass is 150 g/mol. The van der Waals surface area contributed by atoms with E-state index in [1.165, 1.54) is 12.1 Å². The first kappa shape index (κ1) is 5.96. The van der Waals surface area contributed by atoms with Crippen molar-refractivity contribution in [2.45, 2.75) is 0 Å². The first-order valence-corrected chi connectivity index (χ1v) is 3.09. The molecule has 11 heavy (non-hydrogen) atoms. The molecule has 5 nitrogen and oxygen atoms in total. The molecule has 0 spiro atoms. The number of pyridine rings is 1. The predicted octanol–water partition coefficient (Wildman–Crippen LogP) is -0.395. The van der Waals surface area contributed by atoms with Crippen LogP contribution in [0.5, 0.6) is 0 Å². The average Bonchev–Trinajstić information content (AvgIpc) is 2.27. The molecule has 3 N–H and O–H groups in total. The van der Waals surface area contributed by atoms with E-state index in [2.05, 4.69) is 10.1 Å². The summed E-state index contributed by atoms with van der Waals surface area (Å²) in [6.07, 6.45) is 1.58. The summed E-state index contributed by atoms with van der Waals surface area (Å²) < 4.78 is 1.58. The van der Waals surface area contributed by atoms with Crippen molar-refractivity contribution in [2.24, 2.45) is 0 Å². The number of fused-ring (bicyclic) bond motifs is 1. The summed E-state index contributed by atoms with van der Waals surface area (Å²) in [7, 11) is 0. The number of aromatic nitrogens is 3.